The molecular formula is C15H30N2O2. The van der Waals surface area contributed by atoms with Crippen LogP contribution in [0.3, 0.4) is 0 Å². The van der Waals surface area contributed by atoms with E-state index in [1.54, 1.807) is 0 Å². The zero-order valence-corrected chi connectivity index (χ0v) is 12.8. The number of nitrogens with two attached hydrogens (primary N) is 1. The Morgan fingerprint density at radius 3 is 2.74 bits per heavy atom. The summed E-state index contributed by atoms with van der Waals surface area (Å²) in [5.74, 6) is 0. The highest BCUT2D eigenvalue weighted by Gasteiger charge is 2.46. The van der Waals surface area contributed by atoms with Crippen molar-refractivity contribution >= 4 is 0 Å². The van der Waals surface area contributed by atoms with Gasteiger partial charge < -0.3 is 15.2 Å². The third-order valence-corrected chi connectivity index (χ3v) is 5.11. The molecule has 0 bridgehead atoms. The number of morpholine rings is 1. The summed E-state index contributed by atoms with van der Waals surface area (Å²) in [5, 5.41) is 0. The van der Waals surface area contributed by atoms with E-state index in [0.29, 0.717) is 6.10 Å². The topological polar surface area (TPSA) is 47.7 Å². The maximum absolute atomic E-state index is 6.19. The molecule has 2 aliphatic heterocycles. The molecule has 2 rings (SSSR count). The van der Waals surface area contributed by atoms with Crippen LogP contribution in [0.25, 0.3) is 0 Å². The third-order valence-electron chi connectivity index (χ3n) is 5.11. The Morgan fingerprint density at radius 2 is 2.11 bits per heavy atom. The summed E-state index contributed by atoms with van der Waals surface area (Å²) in [6.07, 6.45) is 4.60. The smallest absolute Gasteiger partial charge is 0.0700 e. The van der Waals surface area contributed by atoms with Gasteiger partial charge in [-0.25, -0.2) is 0 Å². The van der Waals surface area contributed by atoms with Gasteiger partial charge in [0.25, 0.3) is 0 Å². The second kappa shape index (κ2) is 6.08. The summed E-state index contributed by atoms with van der Waals surface area (Å²) in [6, 6.07) is 0. The largest absolute Gasteiger partial charge is 0.376 e. The number of hydrogen-bond donors (Lipinski definition) is 1. The first-order chi connectivity index (χ1) is 9.07. The summed E-state index contributed by atoms with van der Waals surface area (Å²) in [4.78, 5) is 2.58. The molecule has 0 amide bonds. The van der Waals surface area contributed by atoms with Gasteiger partial charge in [0.05, 0.1) is 18.3 Å². The summed E-state index contributed by atoms with van der Waals surface area (Å²) < 4.78 is 11.8. The fourth-order valence-electron chi connectivity index (χ4n) is 3.52. The maximum atomic E-state index is 6.19. The molecule has 19 heavy (non-hydrogen) atoms. The quantitative estimate of drug-likeness (QED) is 0.846. The first kappa shape index (κ1) is 15.2. The van der Waals surface area contributed by atoms with E-state index in [2.05, 4.69) is 25.7 Å². The van der Waals surface area contributed by atoms with Crippen LogP contribution < -0.4 is 5.73 Å². The normalized spacial score (nSPS) is 41.4. The molecule has 3 unspecified atom stereocenters. The highest BCUT2D eigenvalue weighted by atomic mass is 16.5. The molecule has 2 fully saturated rings. The van der Waals surface area contributed by atoms with Crippen molar-refractivity contribution < 1.29 is 9.47 Å². The van der Waals surface area contributed by atoms with Crippen molar-refractivity contribution in [2.75, 3.05) is 32.8 Å². The van der Waals surface area contributed by atoms with E-state index < -0.39 is 0 Å². The average Bonchev–Trinajstić information content (AvgIpc) is 2.47. The average molecular weight is 270 g/mol. The molecule has 0 spiro atoms. The van der Waals surface area contributed by atoms with Gasteiger partial charge in [-0.3, -0.25) is 4.90 Å². The Labute approximate surface area is 117 Å². The lowest BCUT2D eigenvalue weighted by molar-refractivity contribution is -0.151. The van der Waals surface area contributed by atoms with Crippen LogP contribution in [0.15, 0.2) is 0 Å². The van der Waals surface area contributed by atoms with E-state index in [-0.39, 0.29) is 11.1 Å². The van der Waals surface area contributed by atoms with E-state index in [1.807, 2.05) is 0 Å². The number of hydrogen-bond acceptors (Lipinski definition) is 4. The molecule has 0 aromatic heterocycles. The van der Waals surface area contributed by atoms with Crippen molar-refractivity contribution in [3.05, 3.63) is 0 Å². The SMILES string of the molecule is CCC1CN(C2(CN)CCOC(C)(CC)C2)CCO1. The van der Waals surface area contributed by atoms with Crippen molar-refractivity contribution in [1.29, 1.82) is 0 Å². The molecule has 4 heteroatoms. The minimum Gasteiger partial charge on any atom is -0.376 e. The second-order valence-corrected chi connectivity index (χ2v) is 6.35. The van der Waals surface area contributed by atoms with Crippen molar-refractivity contribution in [2.24, 2.45) is 5.73 Å². The standard InChI is InChI=1S/C15H30N2O2/c1-4-13-10-17(7-9-18-13)15(12-16)6-8-19-14(3,5-2)11-15/h13H,4-12,16H2,1-3H3. The third kappa shape index (κ3) is 3.13. The molecule has 2 aliphatic rings. The number of rotatable bonds is 4. The van der Waals surface area contributed by atoms with Crippen molar-refractivity contribution in [3.63, 3.8) is 0 Å². The van der Waals surface area contributed by atoms with Crippen molar-refractivity contribution in [3.8, 4) is 0 Å². The zero-order valence-electron chi connectivity index (χ0n) is 12.8. The first-order valence-electron chi connectivity index (χ1n) is 7.78. The van der Waals surface area contributed by atoms with Crippen molar-refractivity contribution in [2.45, 2.75) is 63.7 Å². The predicted molar refractivity (Wildman–Crippen MR) is 77.3 cm³/mol. The molecule has 0 aliphatic carbocycles. The van der Waals surface area contributed by atoms with Crippen LogP contribution in [0, 0.1) is 0 Å². The van der Waals surface area contributed by atoms with Gasteiger partial charge in [-0.1, -0.05) is 13.8 Å². The number of ether oxygens (including phenoxy) is 2. The highest BCUT2D eigenvalue weighted by molar-refractivity contribution is 5.01. The molecule has 4 nitrogen and oxygen atoms in total. The minimum atomic E-state index is -0.0162. The van der Waals surface area contributed by atoms with Crippen LogP contribution in [0.1, 0.15) is 46.5 Å². The summed E-state index contributed by atoms with van der Waals surface area (Å²) >= 11 is 0. The van der Waals surface area contributed by atoms with E-state index in [9.17, 15) is 0 Å². The Hall–Kier alpha value is -0.160. The van der Waals surface area contributed by atoms with Gasteiger partial charge in [0.2, 0.25) is 0 Å². The zero-order chi connectivity index (χ0) is 13.9. The Morgan fingerprint density at radius 1 is 1.32 bits per heavy atom. The van der Waals surface area contributed by atoms with Crippen LogP contribution in [-0.2, 0) is 9.47 Å². The van der Waals surface area contributed by atoms with Crippen molar-refractivity contribution in [1.82, 2.24) is 4.90 Å². The lowest BCUT2D eigenvalue weighted by Gasteiger charge is -2.53. The van der Waals surface area contributed by atoms with Crippen LogP contribution in [0.2, 0.25) is 0 Å². The molecule has 112 valence electrons. The fraction of sp³-hybridized carbons (Fsp3) is 1.00. The van der Waals surface area contributed by atoms with Gasteiger partial charge >= 0.3 is 0 Å². The lowest BCUT2D eigenvalue weighted by Crippen LogP contribution is -2.64. The second-order valence-electron chi connectivity index (χ2n) is 6.35. The molecule has 3 atom stereocenters. The predicted octanol–water partition coefficient (Wildman–Crippen LogP) is 1.77. The lowest BCUT2D eigenvalue weighted by atomic mass is 9.77. The molecule has 0 saturated carbocycles. The van der Waals surface area contributed by atoms with Gasteiger partial charge in [-0.2, -0.15) is 0 Å². The molecule has 0 aromatic rings. The number of nitrogens with zero attached hydrogens (tertiary/aromatic N) is 1. The first-order valence-corrected chi connectivity index (χ1v) is 7.78. The summed E-state index contributed by atoms with van der Waals surface area (Å²) in [5.41, 5.74) is 6.29. The van der Waals surface area contributed by atoms with Gasteiger partial charge in [0.1, 0.15) is 0 Å². The summed E-state index contributed by atoms with van der Waals surface area (Å²) in [6.45, 7) is 11.1. The van der Waals surface area contributed by atoms with Gasteiger partial charge in [-0.15, -0.1) is 0 Å². The highest BCUT2D eigenvalue weighted by Crippen LogP contribution is 2.38. The van der Waals surface area contributed by atoms with Gasteiger partial charge in [0, 0.05) is 31.8 Å². The molecule has 0 radical (unpaired) electrons. The minimum absolute atomic E-state index is 0.0162. The van der Waals surface area contributed by atoms with E-state index in [4.69, 9.17) is 15.2 Å². The van der Waals surface area contributed by atoms with Crippen LogP contribution >= 0.6 is 0 Å². The van der Waals surface area contributed by atoms with Gasteiger partial charge in [-0.05, 0) is 32.6 Å². The van der Waals surface area contributed by atoms with Gasteiger partial charge in [0.15, 0.2) is 0 Å². The summed E-state index contributed by atoms with van der Waals surface area (Å²) in [7, 11) is 0. The Kier molecular flexibility index (Phi) is 4.88. The fourth-order valence-corrected chi connectivity index (χ4v) is 3.52. The van der Waals surface area contributed by atoms with E-state index in [1.165, 1.54) is 0 Å². The Bertz CT molecular complexity index is 300. The Balaban J connectivity index is 2.12. The maximum Gasteiger partial charge on any atom is 0.0700 e. The molecule has 2 N–H and O–H groups in total. The van der Waals surface area contributed by atoms with Crippen LogP contribution in [-0.4, -0.2) is 55.0 Å². The molecular weight excluding hydrogens is 240 g/mol. The molecule has 0 aromatic carbocycles. The van der Waals surface area contributed by atoms with E-state index >= 15 is 0 Å². The monoisotopic (exact) mass is 270 g/mol. The molecule has 2 heterocycles. The van der Waals surface area contributed by atoms with Crippen LogP contribution in [0.4, 0.5) is 0 Å². The van der Waals surface area contributed by atoms with Crippen LogP contribution in [0.5, 0.6) is 0 Å². The molecule has 2 saturated heterocycles. The van der Waals surface area contributed by atoms with E-state index in [0.717, 1.165) is 58.5 Å².